The van der Waals surface area contributed by atoms with E-state index in [1.54, 1.807) is 12.0 Å². The maximum atomic E-state index is 14.4. The van der Waals surface area contributed by atoms with Crippen molar-refractivity contribution in [3.63, 3.8) is 0 Å². The Kier molecular flexibility index (Phi) is 8.02. The van der Waals surface area contributed by atoms with E-state index in [0.717, 1.165) is 41.2 Å². The highest BCUT2D eigenvalue weighted by molar-refractivity contribution is 6.02. The number of ether oxygens (including phenoxy) is 1. The molecule has 0 spiro atoms. The molecule has 0 fully saturated rings. The SMILES string of the molecule is CCCCN(CC(=O)N1c2ccccc2-n2cccc2C1c1ccc(OC)cc1)C(=O)c1ccc(C(C)(C)C)cc1. The summed E-state index contributed by atoms with van der Waals surface area (Å²) in [6.45, 7) is 9.06. The molecule has 4 aromatic rings. The first-order valence-corrected chi connectivity index (χ1v) is 14.4. The zero-order valence-electron chi connectivity index (χ0n) is 24.6. The fraction of sp³-hybridized carbons (Fsp3) is 0.314. The average Bonchev–Trinajstić information content (AvgIpc) is 3.48. The molecule has 0 saturated heterocycles. The number of carbonyl (C=O) groups excluding carboxylic acids is 2. The van der Waals surface area contributed by atoms with Crippen LogP contribution >= 0.6 is 0 Å². The van der Waals surface area contributed by atoms with Gasteiger partial charge in [0.1, 0.15) is 18.3 Å². The molecule has 0 aliphatic carbocycles. The summed E-state index contributed by atoms with van der Waals surface area (Å²) in [6, 6.07) is 27.3. The highest BCUT2D eigenvalue weighted by Crippen LogP contribution is 2.42. The lowest BCUT2D eigenvalue weighted by atomic mass is 9.86. The Labute approximate surface area is 243 Å². The number of unbranched alkanes of at least 4 members (excludes halogenated alkanes) is 1. The number of para-hydroxylation sites is 2. The van der Waals surface area contributed by atoms with E-state index >= 15 is 0 Å². The van der Waals surface area contributed by atoms with E-state index in [-0.39, 0.29) is 29.8 Å². The van der Waals surface area contributed by atoms with Crippen LogP contribution in [0.25, 0.3) is 5.69 Å². The molecule has 41 heavy (non-hydrogen) atoms. The Balaban J connectivity index is 1.51. The number of aromatic nitrogens is 1. The lowest BCUT2D eigenvalue weighted by Gasteiger charge is -2.39. The third kappa shape index (κ3) is 5.64. The molecular formula is C35H39N3O3. The molecule has 1 atom stereocenters. The van der Waals surface area contributed by atoms with E-state index in [0.29, 0.717) is 12.1 Å². The summed E-state index contributed by atoms with van der Waals surface area (Å²) in [4.78, 5) is 31.8. The van der Waals surface area contributed by atoms with Crippen molar-refractivity contribution in [2.45, 2.75) is 52.0 Å². The summed E-state index contributed by atoms with van der Waals surface area (Å²) < 4.78 is 7.54. The fourth-order valence-electron chi connectivity index (χ4n) is 5.50. The fourth-order valence-corrected chi connectivity index (χ4v) is 5.50. The molecule has 1 aliphatic heterocycles. The Bertz CT molecular complexity index is 1510. The third-order valence-corrected chi connectivity index (χ3v) is 7.81. The average molecular weight is 550 g/mol. The summed E-state index contributed by atoms with van der Waals surface area (Å²) in [6.07, 6.45) is 3.78. The van der Waals surface area contributed by atoms with Gasteiger partial charge in [0.2, 0.25) is 5.91 Å². The van der Waals surface area contributed by atoms with Crippen molar-refractivity contribution >= 4 is 17.5 Å². The van der Waals surface area contributed by atoms with Crippen LogP contribution in [-0.4, -0.2) is 41.5 Å². The molecule has 1 aliphatic rings. The van der Waals surface area contributed by atoms with Crippen molar-refractivity contribution in [3.8, 4) is 11.4 Å². The number of benzene rings is 3. The Morgan fingerprint density at radius 1 is 0.878 bits per heavy atom. The van der Waals surface area contributed by atoms with Crippen LogP contribution in [0.5, 0.6) is 5.75 Å². The summed E-state index contributed by atoms with van der Waals surface area (Å²) in [5.41, 5.74) is 5.48. The highest BCUT2D eigenvalue weighted by atomic mass is 16.5. The molecule has 3 aromatic carbocycles. The second-order valence-electron chi connectivity index (χ2n) is 11.6. The van der Waals surface area contributed by atoms with Gasteiger partial charge < -0.3 is 14.2 Å². The Morgan fingerprint density at radius 2 is 1.56 bits per heavy atom. The minimum atomic E-state index is -0.354. The molecule has 6 heteroatoms. The summed E-state index contributed by atoms with van der Waals surface area (Å²) in [7, 11) is 1.64. The molecule has 0 bridgehead atoms. The number of amides is 2. The zero-order valence-corrected chi connectivity index (χ0v) is 24.6. The molecule has 5 rings (SSSR count). The Hall–Kier alpha value is -4.32. The smallest absolute Gasteiger partial charge is 0.254 e. The molecule has 212 valence electrons. The van der Waals surface area contributed by atoms with Crippen molar-refractivity contribution in [1.82, 2.24) is 9.47 Å². The van der Waals surface area contributed by atoms with E-state index in [1.165, 1.54) is 5.56 Å². The standard InChI is InChI=1S/C35H39N3O3/c1-6-7-22-36(34(40)26-14-18-27(19-15-26)35(2,3)4)24-32(39)38-30-12-9-8-11-29(30)37-23-10-13-31(37)33(38)25-16-20-28(41-5)21-17-25/h8-21,23,33H,6-7,22,24H2,1-5H3. The molecule has 1 unspecified atom stereocenters. The topological polar surface area (TPSA) is 54.8 Å². The molecule has 2 amide bonds. The number of nitrogens with zero attached hydrogens (tertiary/aromatic N) is 3. The summed E-state index contributed by atoms with van der Waals surface area (Å²) in [5, 5.41) is 0. The molecule has 0 N–H and O–H groups in total. The Morgan fingerprint density at radius 3 is 2.20 bits per heavy atom. The lowest BCUT2D eigenvalue weighted by Crippen LogP contribution is -2.47. The molecule has 0 radical (unpaired) electrons. The van der Waals surface area contributed by atoms with E-state index in [1.807, 2.05) is 90.0 Å². The molecule has 2 heterocycles. The quantitative estimate of drug-likeness (QED) is 0.234. The number of rotatable bonds is 8. The van der Waals surface area contributed by atoms with Crippen molar-refractivity contribution < 1.29 is 14.3 Å². The first kappa shape index (κ1) is 28.2. The van der Waals surface area contributed by atoms with Crippen LogP contribution in [-0.2, 0) is 10.2 Å². The number of methoxy groups -OCH3 is 1. The van der Waals surface area contributed by atoms with Gasteiger partial charge in [0.15, 0.2) is 0 Å². The first-order valence-electron chi connectivity index (χ1n) is 14.4. The van der Waals surface area contributed by atoms with Crippen LogP contribution < -0.4 is 9.64 Å². The maximum Gasteiger partial charge on any atom is 0.254 e. The van der Waals surface area contributed by atoms with Crippen molar-refractivity contribution in [1.29, 1.82) is 0 Å². The van der Waals surface area contributed by atoms with Gasteiger partial charge in [-0.3, -0.25) is 14.5 Å². The van der Waals surface area contributed by atoms with E-state index in [4.69, 9.17) is 4.74 Å². The van der Waals surface area contributed by atoms with Crippen LogP contribution in [0.2, 0.25) is 0 Å². The van der Waals surface area contributed by atoms with Gasteiger partial charge in [-0.25, -0.2) is 0 Å². The number of fused-ring (bicyclic) bond motifs is 3. The molecule has 1 aromatic heterocycles. The number of hydrogen-bond donors (Lipinski definition) is 0. The van der Waals surface area contributed by atoms with Gasteiger partial charge in [-0.2, -0.15) is 0 Å². The van der Waals surface area contributed by atoms with Crippen molar-refractivity contribution in [2.24, 2.45) is 0 Å². The monoisotopic (exact) mass is 549 g/mol. The molecule has 0 saturated carbocycles. The van der Waals surface area contributed by atoms with Crippen LogP contribution in [0.3, 0.4) is 0 Å². The second kappa shape index (κ2) is 11.7. The first-order chi connectivity index (χ1) is 19.7. The zero-order chi connectivity index (χ0) is 29.1. The summed E-state index contributed by atoms with van der Waals surface area (Å²) in [5.74, 6) is 0.510. The maximum absolute atomic E-state index is 14.4. The van der Waals surface area contributed by atoms with E-state index < -0.39 is 0 Å². The van der Waals surface area contributed by atoms with Gasteiger partial charge in [-0.1, -0.05) is 70.5 Å². The van der Waals surface area contributed by atoms with Crippen LogP contribution in [0.4, 0.5) is 5.69 Å². The van der Waals surface area contributed by atoms with Crippen molar-refractivity contribution in [2.75, 3.05) is 25.1 Å². The number of carbonyl (C=O) groups is 2. The van der Waals surface area contributed by atoms with Gasteiger partial charge in [0.05, 0.1) is 24.2 Å². The number of hydrogen-bond acceptors (Lipinski definition) is 3. The van der Waals surface area contributed by atoms with Crippen LogP contribution in [0.1, 0.15) is 73.8 Å². The van der Waals surface area contributed by atoms with Gasteiger partial charge in [0.25, 0.3) is 5.91 Å². The van der Waals surface area contributed by atoms with E-state index in [9.17, 15) is 9.59 Å². The largest absolute Gasteiger partial charge is 0.497 e. The van der Waals surface area contributed by atoms with Crippen molar-refractivity contribution in [3.05, 3.63) is 114 Å². The van der Waals surface area contributed by atoms with Gasteiger partial charge in [-0.15, -0.1) is 0 Å². The predicted octanol–water partition coefficient (Wildman–Crippen LogP) is 7.16. The van der Waals surface area contributed by atoms with E-state index in [2.05, 4.69) is 38.3 Å². The molecular weight excluding hydrogens is 510 g/mol. The van der Waals surface area contributed by atoms with Gasteiger partial charge in [-0.05, 0) is 71.5 Å². The van der Waals surface area contributed by atoms with Crippen LogP contribution in [0, 0.1) is 0 Å². The number of anilines is 1. The van der Waals surface area contributed by atoms with Gasteiger partial charge >= 0.3 is 0 Å². The second-order valence-corrected chi connectivity index (χ2v) is 11.6. The van der Waals surface area contributed by atoms with Gasteiger partial charge in [0, 0.05) is 18.3 Å². The lowest BCUT2D eigenvalue weighted by molar-refractivity contribution is -0.119. The third-order valence-electron chi connectivity index (χ3n) is 7.81. The minimum absolute atomic E-state index is 0.00474. The highest BCUT2D eigenvalue weighted by Gasteiger charge is 2.37. The molecule has 6 nitrogen and oxygen atoms in total. The summed E-state index contributed by atoms with van der Waals surface area (Å²) >= 11 is 0. The predicted molar refractivity (Wildman–Crippen MR) is 164 cm³/mol. The normalized spacial score (nSPS) is 14.3. The van der Waals surface area contributed by atoms with Crippen LogP contribution in [0.15, 0.2) is 91.1 Å². The minimum Gasteiger partial charge on any atom is -0.497 e.